The van der Waals surface area contributed by atoms with Crippen molar-refractivity contribution in [1.29, 1.82) is 0 Å². The van der Waals surface area contributed by atoms with Crippen molar-refractivity contribution in [3.63, 3.8) is 0 Å². The number of pyridine rings is 1. The van der Waals surface area contributed by atoms with Gasteiger partial charge in [-0.25, -0.2) is 4.98 Å². The molecule has 2 aromatic rings. The predicted octanol–water partition coefficient (Wildman–Crippen LogP) is 4.10. The molecule has 0 saturated carbocycles. The summed E-state index contributed by atoms with van der Waals surface area (Å²) in [5.74, 6) is 0.716. The zero-order valence-corrected chi connectivity index (χ0v) is 13.1. The van der Waals surface area contributed by atoms with Crippen molar-refractivity contribution >= 4 is 34.9 Å². The highest BCUT2D eigenvalue weighted by Gasteiger charge is 2.15. The van der Waals surface area contributed by atoms with Crippen LogP contribution in [0.3, 0.4) is 0 Å². The van der Waals surface area contributed by atoms with Crippen LogP contribution < -0.4 is 10.1 Å². The topological polar surface area (TPSA) is 51.2 Å². The van der Waals surface area contributed by atoms with Crippen molar-refractivity contribution in [2.75, 3.05) is 5.32 Å². The molecule has 1 amide bonds. The maximum absolute atomic E-state index is 12.0. The summed E-state index contributed by atoms with van der Waals surface area (Å²) in [5, 5.41) is 3.82. The summed E-state index contributed by atoms with van der Waals surface area (Å²) in [6.45, 7) is 3.53. The molecule has 0 saturated heterocycles. The molecule has 0 aliphatic carbocycles. The van der Waals surface area contributed by atoms with Gasteiger partial charge in [0.15, 0.2) is 6.10 Å². The molecule has 1 heterocycles. The first kappa shape index (κ1) is 15.6. The Morgan fingerprint density at radius 1 is 1.29 bits per heavy atom. The second-order valence-electron chi connectivity index (χ2n) is 4.52. The van der Waals surface area contributed by atoms with Gasteiger partial charge in [-0.05, 0) is 49.7 Å². The Balaban J connectivity index is 1.98. The average Bonchev–Trinajstić information content (AvgIpc) is 2.45. The summed E-state index contributed by atoms with van der Waals surface area (Å²) >= 11 is 11.7. The third kappa shape index (κ3) is 4.34. The minimum absolute atomic E-state index is 0.294. The Labute approximate surface area is 133 Å². The van der Waals surface area contributed by atoms with Gasteiger partial charge in [0.05, 0.1) is 5.02 Å². The second-order valence-corrected chi connectivity index (χ2v) is 5.37. The summed E-state index contributed by atoms with van der Waals surface area (Å²) in [6.07, 6.45) is 0.800. The Morgan fingerprint density at radius 2 is 2.05 bits per heavy atom. The molecule has 110 valence electrons. The fourth-order valence-electron chi connectivity index (χ4n) is 1.63. The van der Waals surface area contributed by atoms with Crippen LogP contribution >= 0.6 is 23.2 Å². The number of carbonyl (C=O) groups excluding carboxylic acids is 1. The fourth-order valence-corrected chi connectivity index (χ4v) is 1.86. The minimum Gasteiger partial charge on any atom is -0.481 e. The molecule has 4 nitrogen and oxygen atoms in total. The second kappa shape index (κ2) is 6.78. The van der Waals surface area contributed by atoms with E-state index in [0.29, 0.717) is 21.6 Å². The quantitative estimate of drug-likeness (QED) is 0.921. The van der Waals surface area contributed by atoms with Gasteiger partial charge in [0.25, 0.3) is 5.91 Å². The van der Waals surface area contributed by atoms with Gasteiger partial charge in [-0.1, -0.05) is 23.2 Å². The van der Waals surface area contributed by atoms with E-state index in [9.17, 15) is 4.79 Å². The number of hydrogen-bond acceptors (Lipinski definition) is 3. The lowest BCUT2D eigenvalue weighted by atomic mass is 10.2. The first-order valence-electron chi connectivity index (χ1n) is 6.31. The van der Waals surface area contributed by atoms with Crippen molar-refractivity contribution in [3.8, 4) is 5.75 Å². The maximum Gasteiger partial charge on any atom is 0.266 e. The van der Waals surface area contributed by atoms with E-state index in [4.69, 9.17) is 27.9 Å². The van der Waals surface area contributed by atoms with E-state index in [1.165, 1.54) is 6.20 Å². The number of aromatic nitrogens is 1. The molecule has 0 aliphatic rings. The molecular formula is C15H14Cl2N2O2. The lowest BCUT2D eigenvalue weighted by Gasteiger charge is -2.15. The van der Waals surface area contributed by atoms with Crippen molar-refractivity contribution in [3.05, 3.63) is 52.1 Å². The van der Waals surface area contributed by atoms with Gasteiger partial charge in [-0.15, -0.1) is 0 Å². The molecule has 0 unspecified atom stereocenters. The number of carbonyl (C=O) groups is 1. The van der Waals surface area contributed by atoms with Crippen LogP contribution in [0.25, 0.3) is 0 Å². The monoisotopic (exact) mass is 324 g/mol. The molecule has 0 radical (unpaired) electrons. The molecule has 2 rings (SSSR count). The first-order valence-corrected chi connectivity index (χ1v) is 7.06. The van der Waals surface area contributed by atoms with E-state index in [1.54, 1.807) is 37.3 Å². The number of nitrogens with one attached hydrogen (secondary N) is 1. The van der Waals surface area contributed by atoms with Gasteiger partial charge < -0.3 is 10.1 Å². The van der Waals surface area contributed by atoms with Gasteiger partial charge in [0.2, 0.25) is 0 Å². The molecule has 6 heteroatoms. The Morgan fingerprint density at radius 3 is 2.67 bits per heavy atom. The summed E-state index contributed by atoms with van der Waals surface area (Å²) in [6, 6.07) is 8.52. The van der Waals surface area contributed by atoms with Gasteiger partial charge >= 0.3 is 0 Å². The fraction of sp³-hybridized carbons (Fsp3) is 0.200. The number of halogens is 2. The molecule has 0 fully saturated rings. The number of amides is 1. The number of nitrogens with zero attached hydrogens (tertiary/aromatic N) is 1. The number of hydrogen-bond donors (Lipinski definition) is 1. The lowest BCUT2D eigenvalue weighted by molar-refractivity contribution is -0.122. The summed E-state index contributed by atoms with van der Waals surface area (Å²) in [5.41, 5.74) is 0.890. The van der Waals surface area contributed by atoms with E-state index in [2.05, 4.69) is 10.3 Å². The first-order chi connectivity index (χ1) is 9.95. The van der Waals surface area contributed by atoms with Crippen LogP contribution in [0.5, 0.6) is 5.75 Å². The highest BCUT2D eigenvalue weighted by molar-refractivity contribution is 6.31. The van der Waals surface area contributed by atoms with Gasteiger partial charge in [-0.2, -0.15) is 0 Å². The van der Waals surface area contributed by atoms with E-state index >= 15 is 0 Å². The average molecular weight is 325 g/mol. The van der Waals surface area contributed by atoms with Crippen LogP contribution in [0.4, 0.5) is 5.82 Å². The normalized spacial score (nSPS) is 11.8. The maximum atomic E-state index is 12.0. The Hall–Kier alpha value is -1.78. The van der Waals surface area contributed by atoms with E-state index < -0.39 is 6.10 Å². The summed E-state index contributed by atoms with van der Waals surface area (Å²) < 4.78 is 5.58. The number of anilines is 1. The highest BCUT2D eigenvalue weighted by Crippen LogP contribution is 2.22. The predicted molar refractivity (Wildman–Crippen MR) is 84.2 cm³/mol. The zero-order chi connectivity index (χ0) is 15.4. The van der Waals surface area contributed by atoms with E-state index in [1.807, 2.05) is 6.92 Å². The summed E-state index contributed by atoms with van der Waals surface area (Å²) in [7, 11) is 0. The molecule has 21 heavy (non-hydrogen) atoms. The molecule has 1 aromatic carbocycles. The SMILES string of the molecule is Cc1cc(O[C@@H](C)C(=O)Nc2ccc(Cl)cn2)ccc1Cl. The van der Waals surface area contributed by atoms with Crippen molar-refractivity contribution < 1.29 is 9.53 Å². The number of benzene rings is 1. The van der Waals surface area contributed by atoms with E-state index in [0.717, 1.165) is 5.56 Å². The minimum atomic E-state index is -0.664. The smallest absolute Gasteiger partial charge is 0.266 e. The van der Waals surface area contributed by atoms with E-state index in [-0.39, 0.29) is 5.91 Å². The van der Waals surface area contributed by atoms with Crippen molar-refractivity contribution in [1.82, 2.24) is 4.98 Å². The Bertz CT molecular complexity index is 645. The van der Waals surface area contributed by atoms with Gasteiger partial charge in [0.1, 0.15) is 11.6 Å². The standard InChI is InChI=1S/C15H14Cl2N2O2/c1-9-7-12(4-5-13(9)17)21-10(2)15(20)19-14-6-3-11(16)8-18-14/h3-8,10H,1-2H3,(H,18,19,20)/t10-/m0/s1. The molecule has 0 aliphatic heterocycles. The van der Waals surface area contributed by atoms with Crippen LogP contribution in [-0.2, 0) is 4.79 Å². The number of rotatable bonds is 4. The van der Waals surface area contributed by atoms with Crippen LogP contribution in [0, 0.1) is 6.92 Å². The van der Waals surface area contributed by atoms with Crippen LogP contribution in [0.2, 0.25) is 10.0 Å². The van der Waals surface area contributed by atoms with Crippen molar-refractivity contribution in [2.45, 2.75) is 20.0 Å². The largest absolute Gasteiger partial charge is 0.481 e. The third-order valence-corrected chi connectivity index (χ3v) is 3.44. The molecule has 1 aromatic heterocycles. The summed E-state index contributed by atoms with van der Waals surface area (Å²) in [4.78, 5) is 16.0. The molecular weight excluding hydrogens is 311 g/mol. The number of aryl methyl sites for hydroxylation is 1. The number of ether oxygens (including phenoxy) is 1. The van der Waals surface area contributed by atoms with Crippen LogP contribution in [0.1, 0.15) is 12.5 Å². The highest BCUT2D eigenvalue weighted by atomic mass is 35.5. The Kier molecular flexibility index (Phi) is 5.04. The molecule has 1 atom stereocenters. The van der Waals surface area contributed by atoms with Crippen LogP contribution in [0.15, 0.2) is 36.5 Å². The molecule has 1 N–H and O–H groups in total. The van der Waals surface area contributed by atoms with Crippen molar-refractivity contribution in [2.24, 2.45) is 0 Å². The zero-order valence-electron chi connectivity index (χ0n) is 11.6. The third-order valence-electron chi connectivity index (χ3n) is 2.79. The lowest BCUT2D eigenvalue weighted by Crippen LogP contribution is -2.30. The van der Waals surface area contributed by atoms with Gasteiger partial charge in [0, 0.05) is 11.2 Å². The van der Waals surface area contributed by atoms with Gasteiger partial charge in [-0.3, -0.25) is 4.79 Å². The van der Waals surface area contributed by atoms with Crippen LogP contribution in [-0.4, -0.2) is 17.0 Å². The molecule has 0 spiro atoms. The molecule has 0 bridgehead atoms.